The van der Waals surface area contributed by atoms with Crippen LogP contribution in [0.15, 0.2) is 12.1 Å². The third kappa shape index (κ3) is 3.94. The molecule has 1 aliphatic rings. The van der Waals surface area contributed by atoms with E-state index >= 15 is 0 Å². The minimum atomic E-state index is -0.0886. The van der Waals surface area contributed by atoms with E-state index in [0.717, 1.165) is 30.4 Å². The molecule has 1 amide bonds. The van der Waals surface area contributed by atoms with Crippen molar-refractivity contribution in [3.05, 3.63) is 28.8 Å². The van der Waals surface area contributed by atoms with E-state index in [-0.39, 0.29) is 16.7 Å². The Kier molecular flexibility index (Phi) is 4.87. The van der Waals surface area contributed by atoms with Gasteiger partial charge in [0.1, 0.15) is 5.75 Å². The topological polar surface area (TPSA) is 49.3 Å². The molecular weight excluding hydrogens is 282 g/mol. The molecule has 0 bridgehead atoms. The van der Waals surface area contributed by atoms with Gasteiger partial charge in [-0.05, 0) is 28.5 Å². The predicted octanol–water partition coefficient (Wildman–Crippen LogP) is 3.37. The molecule has 1 aromatic carbocycles. The maximum atomic E-state index is 11.3. The molecule has 1 atom stereocenters. The van der Waals surface area contributed by atoms with E-state index in [2.05, 4.69) is 45.1 Å². The van der Waals surface area contributed by atoms with Crippen LogP contribution in [0.1, 0.15) is 50.8 Å². The van der Waals surface area contributed by atoms with Crippen LogP contribution >= 0.6 is 11.8 Å². The lowest BCUT2D eigenvalue weighted by Gasteiger charge is -2.24. The predicted molar refractivity (Wildman–Crippen MR) is 88.9 cm³/mol. The van der Waals surface area contributed by atoms with Crippen LogP contribution in [-0.4, -0.2) is 22.1 Å². The Hall–Kier alpha value is -1.16. The summed E-state index contributed by atoms with van der Waals surface area (Å²) in [7, 11) is 0. The Labute approximate surface area is 131 Å². The van der Waals surface area contributed by atoms with Gasteiger partial charge >= 0.3 is 0 Å². The first-order valence-corrected chi connectivity index (χ1v) is 8.62. The monoisotopic (exact) mass is 307 g/mol. The largest absolute Gasteiger partial charge is 0.507 e. The Balaban J connectivity index is 2.32. The van der Waals surface area contributed by atoms with Crippen LogP contribution in [-0.2, 0) is 23.1 Å². The van der Waals surface area contributed by atoms with Gasteiger partial charge in [0.15, 0.2) is 0 Å². The lowest BCUT2D eigenvalue weighted by atomic mass is 9.83. The molecule has 1 unspecified atom stereocenters. The molecule has 1 aromatic rings. The van der Waals surface area contributed by atoms with Gasteiger partial charge in [0.2, 0.25) is 5.91 Å². The van der Waals surface area contributed by atoms with Gasteiger partial charge in [-0.2, -0.15) is 0 Å². The molecule has 0 spiro atoms. The smallest absolute Gasteiger partial charge is 0.230 e. The number of thioether (sulfide) groups is 1. The molecule has 2 N–H and O–H groups in total. The summed E-state index contributed by atoms with van der Waals surface area (Å²) >= 11 is 1.66. The van der Waals surface area contributed by atoms with Gasteiger partial charge in [0.25, 0.3) is 0 Å². The third-order valence-corrected chi connectivity index (χ3v) is 4.85. The van der Waals surface area contributed by atoms with Gasteiger partial charge < -0.3 is 10.4 Å². The Bertz CT molecular complexity index is 534. The van der Waals surface area contributed by atoms with Crippen LogP contribution in [0.4, 0.5) is 0 Å². The van der Waals surface area contributed by atoms with Crippen LogP contribution in [0, 0.1) is 0 Å². The van der Waals surface area contributed by atoms with Crippen molar-refractivity contribution in [3.8, 4) is 5.75 Å². The summed E-state index contributed by atoms with van der Waals surface area (Å²) in [6.07, 6.45) is 2.71. The average molecular weight is 307 g/mol. The Morgan fingerprint density at radius 2 is 2.10 bits per heavy atom. The van der Waals surface area contributed by atoms with Crippen LogP contribution in [0.5, 0.6) is 5.75 Å². The van der Waals surface area contributed by atoms with Crippen molar-refractivity contribution in [1.82, 2.24) is 5.32 Å². The number of carbonyl (C=O) groups is 1. The fourth-order valence-corrected chi connectivity index (χ4v) is 3.63. The number of phenolic OH excluding ortho intramolecular Hbond substituents is 1. The molecule has 0 aromatic heterocycles. The zero-order valence-corrected chi connectivity index (χ0v) is 14.1. The SMILES string of the molecule is CCCc1cc(CC2NC(=O)CS2)cc(C(C)(C)C)c1O. The second-order valence-electron chi connectivity index (χ2n) is 6.72. The number of hydrogen-bond acceptors (Lipinski definition) is 3. The first-order valence-electron chi connectivity index (χ1n) is 7.57. The molecule has 0 radical (unpaired) electrons. The van der Waals surface area contributed by atoms with Gasteiger partial charge in [-0.15, -0.1) is 11.8 Å². The molecule has 116 valence electrons. The van der Waals surface area contributed by atoms with Crippen molar-refractivity contribution in [2.45, 2.75) is 57.7 Å². The van der Waals surface area contributed by atoms with Crippen LogP contribution in [0.3, 0.4) is 0 Å². The van der Waals surface area contributed by atoms with Gasteiger partial charge in [0, 0.05) is 6.42 Å². The molecule has 0 saturated carbocycles. The number of amides is 1. The molecule has 1 aliphatic heterocycles. The summed E-state index contributed by atoms with van der Waals surface area (Å²) in [6.45, 7) is 8.48. The first kappa shape index (κ1) is 16.2. The Morgan fingerprint density at radius 3 is 2.62 bits per heavy atom. The molecule has 4 heteroatoms. The van der Waals surface area contributed by atoms with Crippen molar-refractivity contribution in [2.75, 3.05) is 5.75 Å². The maximum absolute atomic E-state index is 11.3. The fourth-order valence-electron chi connectivity index (χ4n) is 2.67. The molecule has 3 nitrogen and oxygen atoms in total. The summed E-state index contributed by atoms with van der Waals surface area (Å²) in [5, 5.41) is 13.7. The number of rotatable bonds is 4. The van der Waals surface area contributed by atoms with Crippen molar-refractivity contribution < 1.29 is 9.90 Å². The molecule has 0 aliphatic carbocycles. The van der Waals surface area contributed by atoms with Crippen molar-refractivity contribution in [3.63, 3.8) is 0 Å². The van der Waals surface area contributed by atoms with Crippen LogP contribution in [0.2, 0.25) is 0 Å². The normalized spacial score (nSPS) is 18.9. The summed E-state index contributed by atoms with van der Waals surface area (Å²) in [6, 6.07) is 4.19. The number of phenols is 1. The fraction of sp³-hybridized carbons (Fsp3) is 0.588. The highest BCUT2D eigenvalue weighted by Gasteiger charge is 2.25. The van der Waals surface area contributed by atoms with Gasteiger partial charge in [0.05, 0.1) is 11.1 Å². The van der Waals surface area contributed by atoms with Crippen molar-refractivity contribution in [1.29, 1.82) is 0 Å². The molecule has 1 fully saturated rings. The number of carbonyl (C=O) groups excluding carboxylic acids is 1. The number of benzene rings is 1. The number of aromatic hydroxyl groups is 1. The second-order valence-corrected chi connectivity index (χ2v) is 7.91. The van der Waals surface area contributed by atoms with Gasteiger partial charge in [-0.25, -0.2) is 0 Å². The summed E-state index contributed by atoms with van der Waals surface area (Å²) in [5.41, 5.74) is 3.13. The number of nitrogens with one attached hydrogen (secondary N) is 1. The number of hydrogen-bond donors (Lipinski definition) is 2. The highest BCUT2D eigenvalue weighted by Crippen LogP contribution is 2.36. The van der Waals surface area contributed by atoms with Crippen molar-refractivity contribution in [2.24, 2.45) is 0 Å². The second kappa shape index (κ2) is 6.30. The van der Waals surface area contributed by atoms with Crippen LogP contribution < -0.4 is 5.32 Å². The number of aryl methyl sites for hydroxylation is 1. The zero-order valence-electron chi connectivity index (χ0n) is 13.3. The average Bonchev–Trinajstić information content (AvgIpc) is 2.77. The third-order valence-electron chi connectivity index (χ3n) is 3.73. The maximum Gasteiger partial charge on any atom is 0.230 e. The Morgan fingerprint density at radius 1 is 1.38 bits per heavy atom. The molecule has 2 rings (SSSR count). The van der Waals surface area contributed by atoms with E-state index in [4.69, 9.17) is 0 Å². The molecular formula is C17H25NO2S. The summed E-state index contributed by atoms with van der Waals surface area (Å²) in [4.78, 5) is 11.3. The molecule has 1 saturated heterocycles. The highest BCUT2D eigenvalue weighted by atomic mass is 32.2. The lowest BCUT2D eigenvalue weighted by Crippen LogP contribution is -2.26. The van der Waals surface area contributed by atoms with Gasteiger partial charge in [-0.1, -0.05) is 46.2 Å². The van der Waals surface area contributed by atoms with E-state index in [1.165, 1.54) is 5.56 Å². The van der Waals surface area contributed by atoms with E-state index in [9.17, 15) is 9.90 Å². The van der Waals surface area contributed by atoms with E-state index in [1.807, 2.05) is 0 Å². The van der Waals surface area contributed by atoms with E-state index < -0.39 is 0 Å². The molecule has 1 heterocycles. The molecule has 21 heavy (non-hydrogen) atoms. The quantitative estimate of drug-likeness (QED) is 0.896. The highest BCUT2D eigenvalue weighted by molar-refractivity contribution is 8.01. The minimum Gasteiger partial charge on any atom is -0.507 e. The standard InChI is InChI=1S/C17H25NO2S/c1-5-6-12-7-11(9-15-18-14(19)10-21-15)8-13(16(12)20)17(2,3)4/h7-8,15,20H,5-6,9-10H2,1-4H3,(H,18,19). The van der Waals surface area contributed by atoms with Crippen molar-refractivity contribution >= 4 is 17.7 Å². The minimum absolute atomic E-state index is 0.0886. The zero-order chi connectivity index (χ0) is 15.6. The summed E-state index contributed by atoms with van der Waals surface area (Å²) < 4.78 is 0. The van der Waals surface area contributed by atoms with E-state index in [0.29, 0.717) is 11.5 Å². The van der Waals surface area contributed by atoms with Gasteiger partial charge in [-0.3, -0.25) is 4.79 Å². The lowest BCUT2D eigenvalue weighted by molar-refractivity contribution is -0.118. The van der Waals surface area contributed by atoms with E-state index in [1.54, 1.807) is 11.8 Å². The summed E-state index contributed by atoms with van der Waals surface area (Å²) in [5.74, 6) is 1.11. The first-order chi connectivity index (χ1) is 9.81. The van der Waals surface area contributed by atoms with Crippen LogP contribution in [0.25, 0.3) is 0 Å².